The number of benzene rings is 1. The van der Waals surface area contributed by atoms with E-state index in [9.17, 15) is 13.2 Å². The molecule has 1 N–H and O–H groups in total. The number of nitrogens with one attached hydrogen (secondary N) is 1. The van der Waals surface area contributed by atoms with E-state index >= 15 is 0 Å². The minimum absolute atomic E-state index is 0.0130. The highest BCUT2D eigenvalue weighted by Crippen LogP contribution is 2.29. The summed E-state index contributed by atoms with van der Waals surface area (Å²) in [6.07, 6.45) is 4.28. The molecule has 0 aromatic heterocycles. The van der Waals surface area contributed by atoms with Crippen molar-refractivity contribution in [2.75, 3.05) is 26.7 Å². The fourth-order valence-corrected chi connectivity index (χ4v) is 5.77. The van der Waals surface area contributed by atoms with Gasteiger partial charge in [0, 0.05) is 37.3 Å². The Labute approximate surface area is 173 Å². The molecule has 1 aromatic carbocycles. The maximum absolute atomic E-state index is 13.1. The first kappa shape index (κ1) is 21.6. The molecule has 6 nitrogen and oxygen atoms in total. The third-order valence-corrected chi connectivity index (χ3v) is 8.15. The molecule has 1 amide bonds. The SMILES string of the molecule is CC1CCCN(S(=O)(=O)c2cc(C(=O)NCC(C)N(C)C3CC3)ccc2Cl)C1. The van der Waals surface area contributed by atoms with E-state index in [1.807, 2.05) is 6.92 Å². The Morgan fingerprint density at radius 3 is 2.71 bits per heavy atom. The zero-order chi connectivity index (χ0) is 20.5. The van der Waals surface area contributed by atoms with Crippen LogP contribution in [0.1, 0.15) is 49.9 Å². The summed E-state index contributed by atoms with van der Waals surface area (Å²) in [6.45, 7) is 5.62. The van der Waals surface area contributed by atoms with Gasteiger partial charge in [0.15, 0.2) is 0 Å². The molecule has 0 bridgehead atoms. The second-order valence-corrected chi connectivity index (χ2v) is 10.5. The van der Waals surface area contributed by atoms with Crippen molar-refractivity contribution in [2.45, 2.75) is 56.5 Å². The number of nitrogens with zero attached hydrogens (tertiary/aromatic N) is 2. The summed E-state index contributed by atoms with van der Waals surface area (Å²) in [6, 6.07) is 5.32. The van der Waals surface area contributed by atoms with Gasteiger partial charge in [0.25, 0.3) is 5.91 Å². The van der Waals surface area contributed by atoms with Crippen molar-refractivity contribution in [3.63, 3.8) is 0 Å². The predicted molar refractivity (Wildman–Crippen MR) is 111 cm³/mol. The summed E-state index contributed by atoms with van der Waals surface area (Å²) in [5, 5.41) is 3.06. The van der Waals surface area contributed by atoms with E-state index < -0.39 is 10.0 Å². The van der Waals surface area contributed by atoms with Gasteiger partial charge in [-0.2, -0.15) is 4.31 Å². The van der Waals surface area contributed by atoms with Crippen molar-refractivity contribution in [1.82, 2.24) is 14.5 Å². The zero-order valence-electron chi connectivity index (χ0n) is 16.8. The summed E-state index contributed by atoms with van der Waals surface area (Å²) < 4.78 is 27.6. The van der Waals surface area contributed by atoms with Gasteiger partial charge in [-0.25, -0.2) is 8.42 Å². The van der Waals surface area contributed by atoms with Crippen molar-refractivity contribution < 1.29 is 13.2 Å². The number of halogens is 1. The quantitative estimate of drug-likeness (QED) is 0.726. The van der Waals surface area contributed by atoms with E-state index in [2.05, 4.69) is 24.2 Å². The first-order valence-corrected chi connectivity index (χ1v) is 11.8. The molecule has 1 saturated carbocycles. The molecule has 0 spiro atoms. The van der Waals surface area contributed by atoms with E-state index in [-0.39, 0.29) is 21.9 Å². The molecule has 8 heteroatoms. The molecule has 0 radical (unpaired) electrons. The van der Waals surface area contributed by atoms with Crippen molar-refractivity contribution in [1.29, 1.82) is 0 Å². The summed E-state index contributed by atoms with van der Waals surface area (Å²) >= 11 is 6.21. The maximum Gasteiger partial charge on any atom is 0.251 e. The molecular weight excluding hydrogens is 398 g/mol. The summed E-state index contributed by atoms with van der Waals surface area (Å²) in [5.74, 6) is 0.0369. The Hall–Kier alpha value is -1.15. The Morgan fingerprint density at radius 1 is 1.36 bits per heavy atom. The van der Waals surface area contributed by atoms with Crippen molar-refractivity contribution >= 4 is 27.5 Å². The highest BCUT2D eigenvalue weighted by atomic mass is 35.5. The van der Waals surface area contributed by atoms with Crippen LogP contribution in [0.3, 0.4) is 0 Å². The van der Waals surface area contributed by atoms with E-state index in [4.69, 9.17) is 11.6 Å². The summed E-state index contributed by atoms with van der Waals surface area (Å²) in [5.41, 5.74) is 0.314. The average molecular weight is 428 g/mol. The molecule has 2 unspecified atom stereocenters. The van der Waals surface area contributed by atoms with Gasteiger partial charge >= 0.3 is 0 Å². The molecule has 1 heterocycles. The molecule has 2 atom stereocenters. The number of hydrogen-bond acceptors (Lipinski definition) is 4. The third-order valence-electron chi connectivity index (χ3n) is 5.81. The number of piperidine rings is 1. The van der Waals surface area contributed by atoms with E-state index in [0.717, 1.165) is 12.8 Å². The number of likely N-dealkylation sites (N-methyl/N-ethyl adjacent to an activating group) is 1. The third kappa shape index (κ3) is 4.87. The Bertz CT molecular complexity index is 826. The second kappa shape index (κ2) is 8.69. The van der Waals surface area contributed by atoms with Gasteiger partial charge in [-0.1, -0.05) is 18.5 Å². The molecule has 1 aromatic rings. The number of rotatable bonds is 7. The molecular formula is C20H30ClN3O3S. The second-order valence-electron chi connectivity index (χ2n) is 8.21. The maximum atomic E-state index is 13.1. The van der Waals surface area contributed by atoms with Gasteiger partial charge in [-0.05, 0) is 63.8 Å². The highest BCUT2D eigenvalue weighted by Gasteiger charge is 2.31. The van der Waals surface area contributed by atoms with Crippen LogP contribution >= 0.6 is 11.6 Å². The van der Waals surface area contributed by atoms with Gasteiger partial charge in [-0.3, -0.25) is 9.69 Å². The van der Waals surface area contributed by atoms with Gasteiger partial charge in [-0.15, -0.1) is 0 Å². The van der Waals surface area contributed by atoms with Gasteiger partial charge in [0.1, 0.15) is 4.90 Å². The van der Waals surface area contributed by atoms with Crippen molar-refractivity contribution in [3.05, 3.63) is 28.8 Å². The van der Waals surface area contributed by atoms with Crippen LogP contribution in [0.2, 0.25) is 5.02 Å². The summed E-state index contributed by atoms with van der Waals surface area (Å²) in [4.78, 5) is 14.9. The molecule has 156 valence electrons. The van der Waals surface area contributed by atoms with Crippen LogP contribution in [0.5, 0.6) is 0 Å². The first-order chi connectivity index (χ1) is 13.2. The van der Waals surface area contributed by atoms with Crippen LogP contribution in [0.25, 0.3) is 0 Å². The lowest BCUT2D eigenvalue weighted by Crippen LogP contribution is -2.41. The molecule has 1 aliphatic heterocycles. The lowest BCUT2D eigenvalue weighted by atomic mass is 10.0. The molecule has 3 rings (SSSR count). The van der Waals surface area contributed by atoms with Crippen LogP contribution in [0, 0.1) is 5.92 Å². The summed E-state index contributed by atoms with van der Waals surface area (Å²) in [7, 11) is -1.65. The largest absolute Gasteiger partial charge is 0.350 e. The monoisotopic (exact) mass is 427 g/mol. The molecule has 28 heavy (non-hydrogen) atoms. The van der Waals surface area contributed by atoms with Crippen LogP contribution in [0.4, 0.5) is 0 Å². The number of carbonyl (C=O) groups is 1. The molecule has 1 saturated heterocycles. The number of hydrogen-bond donors (Lipinski definition) is 1. The van der Waals surface area contributed by atoms with Crippen LogP contribution in [0.15, 0.2) is 23.1 Å². The van der Waals surface area contributed by atoms with Gasteiger partial charge in [0.2, 0.25) is 10.0 Å². The van der Waals surface area contributed by atoms with E-state index in [1.54, 1.807) is 6.07 Å². The Kier molecular flexibility index (Phi) is 6.69. The van der Waals surface area contributed by atoms with Gasteiger partial charge in [0.05, 0.1) is 5.02 Å². The highest BCUT2D eigenvalue weighted by molar-refractivity contribution is 7.89. The Morgan fingerprint density at radius 2 is 2.07 bits per heavy atom. The van der Waals surface area contributed by atoms with Crippen molar-refractivity contribution in [3.8, 4) is 0 Å². The number of carbonyl (C=O) groups excluding carboxylic acids is 1. The van der Waals surface area contributed by atoms with Crippen LogP contribution < -0.4 is 5.32 Å². The topological polar surface area (TPSA) is 69.7 Å². The zero-order valence-corrected chi connectivity index (χ0v) is 18.4. The first-order valence-electron chi connectivity index (χ1n) is 10.00. The minimum Gasteiger partial charge on any atom is -0.350 e. The lowest BCUT2D eigenvalue weighted by Gasteiger charge is -2.30. The number of amides is 1. The van der Waals surface area contributed by atoms with Crippen LogP contribution in [-0.4, -0.2) is 62.3 Å². The molecule has 2 aliphatic rings. The van der Waals surface area contributed by atoms with E-state index in [0.29, 0.717) is 37.2 Å². The number of sulfonamides is 1. The minimum atomic E-state index is -3.72. The van der Waals surface area contributed by atoms with Gasteiger partial charge < -0.3 is 5.32 Å². The molecule has 2 fully saturated rings. The fraction of sp³-hybridized carbons (Fsp3) is 0.650. The van der Waals surface area contributed by atoms with Crippen LogP contribution in [-0.2, 0) is 10.0 Å². The fourth-order valence-electron chi connectivity index (χ4n) is 3.67. The van der Waals surface area contributed by atoms with E-state index in [1.165, 1.54) is 29.3 Å². The van der Waals surface area contributed by atoms with Crippen molar-refractivity contribution in [2.24, 2.45) is 5.92 Å². The lowest BCUT2D eigenvalue weighted by molar-refractivity contribution is 0.0939. The Balaban J connectivity index is 1.72. The predicted octanol–water partition coefficient (Wildman–Crippen LogP) is 2.97. The standard InChI is InChI=1S/C20H30ClN3O3S/c1-14-5-4-10-24(13-14)28(26,27)19-11-16(6-9-18(19)21)20(25)22-12-15(2)23(3)17-7-8-17/h6,9,11,14-15,17H,4-5,7-8,10,12-13H2,1-3H3,(H,22,25). The molecule has 1 aliphatic carbocycles. The smallest absolute Gasteiger partial charge is 0.251 e. The average Bonchev–Trinajstić information content (AvgIpc) is 3.50. The normalized spacial score (nSPS) is 22.2.